The summed E-state index contributed by atoms with van der Waals surface area (Å²) in [5, 5.41) is 5.18. The van der Waals surface area contributed by atoms with E-state index in [1.165, 1.54) is 24.3 Å². The fourth-order valence-corrected chi connectivity index (χ4v) is 3.38. The second kappa shape index (κ2) is 12.7. The standard InChI is InChI=1S/C27H27F3N4O3/c1-19(11-12-31-20(2)34-13-15-37-16-14-34)32-25(35)10-9-21-5-3-8-24(17-21)33-26(36)22-6-4-7-23(18-22)27(28,29)30/h3-12,17-18H,1,13-16H2,2H3,(H,32,35)(H,33,36)/b10-9+,12-11-,31-20+. The van der Waals surface area contributed by atoms with E-state index in [1.807, 2.05) is 6.92 Å². The number of aliphatic imine (C=N–C) groups is 1. The number of anilines is 1. The van der Waals surface area contributed by atoms with Crippen LogP contribution in [0.2, 0.25) is 0 Å². The number of hydrogen-bond donors (Lipinski definition) is 2. The van der Waals surface area contributed by atoms with Crippen LogP contribution >= 0.6 is 0 Å². The molecule has 7 nitrogen and oxygen atoms in total. The first-order chi connectivity index (χ1) is 17.6. The monoisotopic (exact) mass is 512 g/mol. The molecule has 10 heteroatoms. The number of benzene rings is 2. The van der Waals surface area contributed by atoms with Gasteiger partial charge in [-0.15, -0.1) is 0 Å². The maximum atomic E-state index is 12.9. The van der Waals surface area contributed by atoms with E-state index in [0.717, 1.165) is 31.1 Å². The van der Waals surface area contributed by atoms with Crippen molar-refractivity contribution in [2.45, 2.75) is 13.1 Å². The number of nitrogens with zero attached hydrogens (tertiary/aromatic N) is 2. The number of carbonyl (C=O) groups is 2. The van der Waals surface area contributed by atoms with Gasteiger partial charge in [-0.25, -0.2) is 4.99 Å². The number of alkyl halides is 3. The number of hydrogen-bond acceptors (Lipinski definition) is 4. The van der Waals surface area contributed by atoms with E-state index >= 15 is 0 Å². The van der Waals surface area contributed by atoms with Crippen LogP contribution < -0.4 is 10.6 Å². The highest BCUT2D eigenvalue weighted by atomic mass is 19.4. The number of carbonyl (C=O) groups excluding carboxylic acids is 2. The summed E-state index contributed by atoms with van der Waals surface area (Å²) in [6.07, 6.45) is 1.44. The predicted octanol–water partition coefficient (Wildman–Crippen LogP) is 4.87. The van der Waals surface area contributed by atoms with Crippen molar-refractivity contribution in [2.75, 3.05) is 31.6 Å². The van der Waals surface area contributed by atoms with Gasteiger partial charge < -0.3 is 20.3 Å². The Hall–Kier alpha value is -4.18. The average molecular weight is 513 g/mol. The molecule has 194 valence electrons. The molecule has 1 aliphatic heterocycles. The number of ether oxygens (including phenoxy) is 1. The van der Waals surface area contributed by atoms with E-state index in [0.29, 0.717) is 30.2 Å². The van der Waals surface area contributed by atoms with Gasteiger partial charge in [-0.2, -0.15) is 13.2 Å². The molecule has 1 heterocycles. The van der Waals surface area contributed by atoms with Crippen molar-refractivity contribution in [1.82, 2.24) is 10.2 Å². The molecule has 1 aliphatic rings. The van der Waals surface area contributed by atoms with Crippen molar-refractivity contribution in [1.29, 1.82) is 0 Å². The van der Waals surface area contributed by atoms with E-state index in [4.69, 9.17) is 4.74 Å². The lowest BCUT2D eigenvalue weighted by Gasteiger charge is -2.27. The molecule has 0 aromatic heterocycles. The van der Waals surface area contributed by atoms with Crippen molar-refractivity contribution in [2.24, 2.45) is 4.99 Å². The summed E-state index contributed by atoms with van der Waals surface area (Å²) in [5.74, 6) is -0.250. The van der Waals surface area contributed by atoms with E-state index < -0.39 is 23.6 Å². The molecule has 0 aliphatic carbocycles. The first-order valence-electron chi connectivity index (χ1n) is 11.4. The minimum atomic E-state index is -4.54. The van der Waals surface area contributed by atoms with Gasteiger partial charge in [-0.1, -0.05) is 24.8 Å². The van der Waals surface area contributed by atoms with Crippen LogP contribution in [0.25, 0.3) is 6.08 Å². The van der Waals surface area contributed by atoms with Gasteiger partial charge >= 0.3 is 6.18 Å². The minimum absolute atomic E-state index is 0.119. The number of halogens is 3. The summed E-state index contributed by atoms with van der Waals surface area (Å²) in [6.45, 7) is 8.57. The minimum Gasteiger partial charge on any atom is -0.378 e. The number of morpholine rings is 1. The van der Waals surface area contributed by atoms with Gasteiger partial charge in [-0.3, -0.25) is 9.59 Å². The fraction of sp³-hybridized carbons (Fsp3) is 0.222. The number of amides is 2. The third kappa shape index (κ3) is 8.76. The molecule has 2 aromatic rings. The number of nitrogens with one attached hydrogen (secondary N) is 2. The molecule has 1 saturated heterocycles. The third-order valence-electron chi connectivity index (χ3n) is 5.31. The highest BCUT2D eigenvalue weighted by molar-refractivity contribution is 6.04. The van der Waals surface area contributed by atoms with Crippen molar-refractivity contribution in [3.05, 3.63) is 95.8 Å². The summed E-state index contributed by atoms with van der Waals surface area (Å²) in [4.78, 5) is 31.1. The molecule has 1 fully saturated rings. The molecule has 0 unspecified atom stereocenters. The van der Waals surface area contributed by atoms with E-state index in [-0.39, 0.29) is 5.56 Å². The Morgan fingerprint density at radius 3 is 2.54 bits per heavy atom. The largest absolute Gasteiger partial charge is 0.416 e. The van der Waals surface area contributed by atoms with Crippen LogP contribution in [0.3, 0.4) is 0 Å². The lowest BCUT2D eigenvalue weighted by Crippen LogP contribution is -2.39. The van der Waals surface area contributed by atoms with Crippen LogP contribution in [-0.4, -0.2) is 48.9 Å². The van der Waals surface area contributed by atoms with E-state index in [1.54, 1.807) is 36.5 Å². The second-order valence-corrected chi connectivity index (χ2v) is 8.10. The smallest absolute Gasteiger partial charge is 0.378 e. The fourth-order valence-electron chi connectivity index (χ4n) is 3.38. The van der Waals surface area contributed by atoms with Gasteiger partial charge in [0.1, 0.15) is 5.84 Å². The Morgan fingerprint density at radius 1 is 1.08 bits per heavy atom. The van der Waals surface area contributed by atoms with Gasteiger partial charge in [0.25, 0.3) is 5.91 Å². The quantitative estimate of drug-likeness (QED) is 0.240. The lowest BCUT2D eigenvalue weighted by molar-refractivity contribution is -0.137. The number of amidine groups is 1. The first kappa shape index (κ1) is 27.4. The molecule has 0 radical (unpaired) electrons. The SMILES string of the molecule is C=C(/C=C\N=C(/C)N1CCOCC1)NC(=O)/C=C/c1cccc(NC(=O)c2cccc(C(F)(F)F)c2)c1. The molecule has 37 heavy (non-hydrogen) atoms. The number of rotatable bonds is 7. The summed E-state index contributed by atoms with van der Waals surface area (Å²) in [6, 6.07) is 10.7. The molecule has 0 saturated carbocycles. The Kier molecular flexibility index (Phi) is 9.39. The molecule has 3 rings (SSSR count). The molecule has 2 aromatic carbocycles. The van der Waals surface area contributed by atoms with Crippen LogP contribution in [0.1, 0.15) is 28.4 Å². The zero-order valence-corrected chi connectivity index (χ0v) is 20.2. The Bertz CT molecular complexity index is 1230. The van der Waals surface area contributed by atoms with Gasteiger partial charge in [-0.05, 0) is 55.0 Å². The Morgan fingerprint density at radius 2 is 1.81 bits per heavy atom. The van der Waals surface area contributed by atoms with Crippen molar-refractivity contribution < 1.29 is 27.5 Å². The normalized spacial score (nSPS) is 14.7. The summed E-state index contributed by atoms with van der Waals surface area (Å²) < 4.78 is 44.0. The molecular formula is C27H27F3N4O3. The van der Waals surface area contributed by atoms with Gasteiger partial charge in [0, 0.05) is 42.3 Å². The topological polar surface area (TPSA) is 83.0 Å². The molecular weight excluding hydrogens is 485 g/mol. The van der Waals surface area contributed by atoms with Crippen LogP contribution in [-0.2, 0) is 15.7 Å². The van der Waals surface area contributed by atoms with Crippen LogP contribution in [0.15, 0.2) is 84.2 Å². The second-order valence-electron chi connectivity index (χ2n) is 8.10. The molecule has 2 N–H and O–H groups in total. The zero-order valence-electron chi connectivity index (χ0n) is 20.2. The van der Waals surface area contributed by atoms with E-state index in [2.05, 4.69) is 27.1 Å². The Labute approximate surface area is 213 Å². The van der Waals surface area contributed by atoms with E-state index in [9.17, 15) is 22.8 Å². The average Bonchev–Trinajstić information content (AvgIpc) is 2.87. The van der Waals surface area contributed by atoms with Crippen LogP contribution in [0.5, 0.6) is 0 Å². The first-order valence-corrected chi connectivity index (χ1v) is 11.4. The molecule has 0 atom stereocenters. The van der Waals surface area contributed by atoms with Gasteiger partial charge in [0.15, 0.2) is 0 Å². The van der Waals surface area contributed by atoms with Crippen molar-refractivity contribution in [3.63, 3.8) is 0 Å². The summed E-state index contributed by atoms with van der Waals surface area (Å²) in [5.41, 5.74) is 0.300. The maximum absolute atomic E-state index is 12.9. The molecule has 0 bridgehead atoms. The predicted molar refractivity (Wildman–Crippen MR) is 137 cm³/mol. The van der Waals surface area contributed by atoms with Crippen molar-refractivity contribution in [3.8, 4) is 0 Å². The highest BCUT2D eigenvalue weighted by Crippen LogP contribution is 2.29. The Balaban J connectivity index is 1.54. The van der Waals surface area contributed by atoms with Crippen LogP contribution in [0.4, 0.5) is 18.9 Å². The lowest BCUT2D eigenvalue weighted by atomic mass is 10.1. The molecule has 0 spiro atoms. The summed E-state index contributed by atoms with van der Waals surface area (Å²) >= 11 is 0. The summed E-state index contributed by atoms with van der Waals surface area (Å²) in [7, 11) is 0. The zero-order chi connectivity index (χ0) is 26.8. The van der Waals surface area contributed by atoms with Crippen LogP contribution in [0, 0.1) is 0 Å². The highest BCUT2D eigenvalue weighted by Gasteiger charge is 2.30. The van der Waals surface area contributed by atoms with Gasteiger partial charge in [0.05, 0.1) is 18.8 Å². The third-order valence-corrected chi connectivity index (χ3v) is 5.31. The van der Waals surface area contributed by atoms with Gasteiger partial charge in [0.2, 0.25) is 5.91 Å². The molecule has 2 amide bonds. The number of allylic oxidation sites excluding steroid dienone is 1. The maximum Gasteiger partial charge on any atom is 0.416 e. The van der Waals surface area contributed by atoms with Crippen molar-refractivity contribution >= 4 is 29.4 Å².